The Bertz CT molecular complexity index is 1160. The highest BCUT2D eigenvalue weighted by molar-refractivity contribution is 9.10. The fourth-order valence-electron chi connectivity index (χ4n) is 3.38. The van der Waals surface area contributed by atoms with E-state index < -0.39 is 30.0 Å². The number of hydrogen-bond acceptors (Lipinski definition) is 4. The maximum absolute atomic E-state index is 13.2. The van der Waals surface area contributed by atoms with E-state index in [1.54, 1.807) is 18.2 Å². The van der Waals surface area contributed by atoms with Gasteiger partial charge in [-0.1, -0.05) is 88.2 Å². The second kappa shape index (κ2) is 12.9. The van der Waals surface area contributed by atoms with Gasteiger partial charge < -0.3 is 21.1 Å². The Kier molecular flexibility index (Phi) is 9.69. The van der Waals surface area contributed by atoms with E-state index in [-0.39, 0.29) is 19.4 Å². The van der Waals surface area contributed by atoms with Crippen LogP contribution < -0.4 is 16.4 Å². The summed E-state index contributed by atoms with van der Waals surface area (Å²) < 4.78 is 6.01. The number of primary amides is 1. The molecule has 0 heterocycles. The minimum Gasteiger partial charge on any atom is -0.445 e. The number of nitrogens with two attached hydrogens (primary N) is 1. The van der Waals surface area contributed by atoms with Crippen molar-refractivity contribution >= 4 is 45.4 Å². The van der Waals surface area contributed by atoms with E-state index in [0.29, 0.717) is 10.6 Å². The lowest BCUT2D eigenvalue weighted by atomic mass is 10.0. The largest absolute Gasteiger partial charge is 0.445 e. The molecule has 0 radical (unpaired) electrons. The van der Waals surface area contributed by atoms with Crippen molar-refractivity contribution in [3.63, 3.8) is 0 Å². The number of benzene rings is 3. The van der Waals surface area contributed by atoms with Gasteiger partial charge in [0.1, 0.15) is 18.7 Å². The molecule has 3 amide bonds. The lowest BCUT2D eigenvalue weighted by molar-refractivity contribution is -0.128. The topological polar surface area (TPSA) is 111 Å². The number of nitrogens with one attached hydrogen (secondary N) is 2. The average molecular weight is 559 g/mol. The lowest BCUT2D eigenvalue weighted by Crippen LogP contribution is -2.54. The second-order valence-corrected chi connectivity index (χ2v) is 9.14. The zero-order valence-corrected chi connectivity index (χ0v) is 21.1. The number of rotatable bonds is 10. The summed E-state index contributed by atoms with van der Waals surface area (Å²) in [5, 5.41) is 5.76. The number of ether oxygens (including phenoxy) is 1. The zero-order valence-electron chi connectivity index (χ0n) is 18.7. The molecule has 2 atom stereocenters. The van der Waals surface area contributed by atoms with Crippen molar-refractivity contribution in [1.29, 1.82) is 0 Å². The Labute approximate surface area is 217 Å². The van der Waals surface area contributed by atoms with Gasteiger partial charge in [-0.05, 0) is 34.9 Å². The van der Waals surface area contributed by atoms with Crippen LogP contribution in [0.2, 0.25) is 5.02 Å². The van der Waals surface area contributed by atoms with Crippen LogP contribution in [-0.2, 0) is 33.8 Å². The highest BCUT2D eigenvalue weighted by atomic mass is 79.9. The number of hydrogen-bond donors (Lipinski definition) is 3. The van der Waals surface area contributed by atoms with E-state index in [2.05, 4.69) is 26.6 Å². The van der Waals surface area contributed by atoms with Crippen LogP contribution in [0.1, 0.15) is 16.7 Å². The van der Waals surface area contributed by atoms with Crippen LogP contribution in [-0.4, -0.2) is 30.0 Å². The SMILES string of the molecule is NC(=O)[C@@H](Cc1cc(Cl)ccc1Br)NC(=O)[C@@H](Cc1ccccc1)NC(=O)OCc1ccccc1. The molecule has 3 rings (SSSR count). The van der Waals surface area contributed by atoms with Crippen LogP contribution in [0.3, 0.4) is 0 Å². The zero-order chi connectivity index (χ0) is 25.2. The summed E-state index contributed by atoms with van der Waals surface area (Å²) in [4.78, 5) is 37.8. The summed E-state index contributed by atoms with van der Waals surface area (Å²) >= 11 is 9.49. The van der Waals surface area contributed by atoms with Crippen LogP contribution in [0.5, 0.6) is 0 Å². The Hall–Kier alpha value is -3.36. The molecule has 0 aliphatic heterocycles. The molecule has 0 saturated carbocycles. The van der Waals surface area contributed by atoms with Gasteiger partial charge in [0.2, 0.25) is 11.8 Å². The first-order valence-corrected chi connectivity index (χ1v) is 12.0. The molecule has 7 nitrogen and oxygen atoms in total. The summed E-state index contributed by atoms with van der Waals surface area (Å²) in [7, 11) is 0. The molecule has 0 bridgehead atoms. The van der Waals surface area contributed by atoms with Gasteiger partial charge in [-0.25, -0.2) is 4.79 Å². The summed E-state index contributed by atoms with van der Waals surface area (Å²) in [5.74, 6) is -1.28. The highest BCUT2D eigenvalue weighted by Crippen LogP contribution is 2.22. The predicted molar refractivity (Wildman–Crippen MR) is 138 cm³/mol. The first-order chi connectivity index (χ1) is 16.8. The van der Waals surface area contributed by atoms with E-state index in [1.165, 1.54) is 0 Å². The van der Waals surface area contributed by atoms with Crippen LogP contribution in [0.4, 0.5) is 4.79 Å². The predicted octanol–water partition coefficient (Wildman–Crippen LogP) is 4.15. The standard InChI is InChI=1S/C26H25BrClN3O4/c27-21-12-11-20(28)14-19(21)15-22(24(29)32)30-25(33)23(13-17-7-3-1-4-8-17)31-26(34)35-16-18-9-5-2-6-10-18/h1-12,14,22-23H,13,15-16H2,(H2,29,32)(H,30,33)(H,31,34)/t22-,23-/m1/s1. The third kappa shape index (κ3) is 8.42. The van der Waals surface area contributed by atoms with Crippen LogP contribution in [0, 0.1) is 0 Å². The molecule has 0 aliphatic rings. The summed E-state index contributed by atoms with van der Waals surface area (Å²) in [6.07, 6.45) is -0.434. The minimum absolute atomic E-state index is 0.0546. The molecule has 0 unspecified atom stereocenters. The van der Waals surface area contributed by atoms with E-state index in [0.717, 1.165) is 15.6 Å². The smallest absolute Gasteiger partial charge is 0.408 e. The van der Waals surface area contributed by atoms with Gasteiger partial charge in [-0.2, -0.15) is 0 Å². The Morgan fingerprint density at radius 2 is 1.49 bits per heavy atom. The van der Waals surface area contributed by atoms with E-state index in [1.807, 2.05) is 60.7 Å². The molecular formula is C26H25BrClN3O4. The van der Waals surface area contributed by atoms with Gasteiger partial charge in [-0.3, -0.25) is 9.59 Å². The molecule has 3 aromatic carbocycles. The number of carbonyl (C=O) groups is 3. The fraction of sp³-hybridized carbons (Fsp3) is 0.192. The molecule has 0 spiro atoms. The van der Waals surface area contributed by atoms with Crippen LogP contribution >= 0.6 is 27.5 Å². The average Bonchev–Trinajstić information content (AvgIpc) is 2.85. The van der Waals surface area contributed by atoms with Crippen molar-refractivity contribution in [2.75, 3.05) is 0 Å². The molecule has 35 heavy (non-hydrogen) atoms. The first kappa shape index (κ1) is 26.2. The van der Waals surface area contributed by atoms with Crippen molar-refractivity contribution in [2.24, 2.45) is 5.73 Å². The molecule has 0 fully saturated rings. The van der Waals surface area contributed by atoms with Crippen molar-refractivity contribution in [3.05, 3.63) is 105 Å². The van der Waals surface area contributed by atoms with Crippen LogP contribution in [0.15, 0.2) is 83.3 Å². The van der Waals surface area contributed by atoms with Crippen molar-refractivity contribution in [2.45, 2.75) is 31.5 Å². The number of halogens is 2. The number of carbonyl (C=O) groups excluding carboxylic acids is 3. The summed E-state index contributed by atoms with van der Waals surface area (Å²) in [6.45, 7) is 0.0546. The number of alkyl carbamates (subject to hydrolysis) is 1. The maximum atomic E-state index is 13.2. The van der Waals surface area contributed by atoms with E-state index in [9.17, 15) is 14.4 Å². The molecule has 0 aliphatic carbocycles. The van der Waals surface area contributed by atoms with Gasteiger partial charge in [0.25, 0.3) is 0 Å². The van der Waals surface area contributed by atoms with Crippen molar-refractivity contribution in [3.8, 4) is 0 Å². The van der Waals surface area contributed by atoms with Crippen LogP contribution in [0.25, 0.3) is 0 Å². The monoisotopic (exact) mass is 557 g/mol. The van der Waals surface area contributed by atoms with E-state index >= 15 is 0 Å². The Balaban J connectivity index is 1.71. The molecule has 182 valence electrons. The third-order valence-corrected chi connectivity index (χ3v) is 6.20. The molecule has 4 N–H and O–H groups in total. The second-order valence-electron chi connectivity index (χ2n) is 7.85. The summed E-state index contributed by atoms with van der Waals surface area (Å²) in [5.41, 5.74) is 7.91. The maximum Gasteiger partial charge on any atom is 0.408 e. The fourth-order valence-corrected chi connectivity index (χ4v) is 3.98. The van der Waals surface area contributed by atoms with Gasteiger partial charge >= 0.3 is 6.09 Å². The Morgan fingerprint density at radius 1 is 0.857 bits per heavy atom. The van der Waals surface area contributed by atoms with E-state index in [4.69, 9.17) is 22.1 Å². The highest BCUT2D eigenvalue weighted by Gasteiger charge is 2.27. The third-order valence-electron chi connectivity index (χ3n) is 5.20. The van der Waals surface area contributed by atoms with Gasteiger partial charge in [0.15, 0.2) is 0 Å². The molecule has 0 saturated heterocycles. The summed E-state index contributed by atoms with van der Waals surface area (Å²) in [6, 6.07) is 21.5. The van der Waals surface area contributed by atoms with Gasteiger partial charge in [0, 0.05) is 22.3 Å². The number of amides is 3. The lowest BCUT2D eigenvalue weighted by Gasteiger charge is -2.22. The molecule has 3 aromatic rings. The molecule has 0 aromatic heterocycles. The Morgan fingerprint density at radius 3 is 2.11 bits per heavy atom. The van der Waals surface area contributed by atoms with Crippen molar-refractivity contribution < 1.29 is 19.1 Å². The quantitative estimate of drug-likeness (QED) is 0.347. The molecular weight excluding hydrogens is 534 g/mol. The first-order valence-electron chi connectivity index (χ1n) is 10.9. The van der Waals surface area contributed by atoms with Crippen molar-refractivity contribution in [1.82, 2.24) is 10.6 Å². The molecule has 9 heteroatoms. The minimum atomic E-state index is -1.02. The van der Waals surface area contributed by atoms with Gasteiger partial charge in [-0.15, -0.1) is 0 Å². The van der Waals surface area contributed by atoms with Gasteiger partial charge in [0.05, 0.1) is 0 Å². The normalized spacial score (nSPS) is 12.3.